The predicted molar refractivity (Wildman–Crippen MR) is 197 cm³/mol. The lowest BCUT2D eigenvalue weighted by Gasteiger charge is -2.40. The van der Waals surface area contributed by atoms with Gasteiger partial charge in [0.05, 0.1) is 12.1 Å². The first kappa shape index (κ1) is 31.6. The van der Waals surface area contributed by atoms with E-state index in [9.17, 15) is 5.11 Å². The van der Waals surface area contributed by atoms with Gasteiger partial charge < -0.3 is 14.7 Å². The van der Waals surface area contributed by atoms with Gasteiger partial charge in [0.25, 0.3) is 0 Å². The molecule has 254 valence electrons. The molecule has 1 heterocycles. The summed E-state index contributed by atoms with van der Waals surface area (Å²) in [5, 5.41) is 18.1. The highest BCUT2D eigenvalue weighted by Crippen LogP contribution is 2.53. The van der Waals surface area contributed by atoms with E-state index in [1.54, 1.807) is 6.07 Å². The summed E-state index contributed by atoms with van der Waals surface area (Å²) in [5.41, 5.74) is 3.86. The SMILES string of the molecule is O[C@H](CCN1CCN(C2c3ccccc3C(F)C(F)c3c(C4CC4)cccc32)CC1)COc1cccc2c1ccc1c3ccccc3ccc21. The normalized spacial score (nSPS) is 21.9. The Morgan fingerprint density at radius 1 is 0.620 bits per heavy atom. The van der Waals surface area contributed by atoms with E-state index in [-0.39, 0.29) is 12.6 Å². The molecule has 3 aliphatic rings. The van der Waals surface area contributed by atoms with Gasteiger partial charge in [-0.3, -0.25) is 4.90 Å². The van der Waals surface area contributed by atoms with Crippen LogP contribution in [0.5, 0.6) is 5.75 Å². The number of alkyl halides is 2. The molecule has 6 aromatic rings. The first-order valence-corrected chi connectivity index (χ1v) is 18.2. The van der Waals surface area contributed by atoms with E-state index < -0.39 is 18.4 Å². The molecule has 4 atom stereocenters. The van der Waals surface area contributed by atoms with E-state index in [4.69, 9.17) is 4.74 Å². The molecular weight excluding hydrogens is 626 g/mol. The zero-order valence-electron chi connectivity index (χ0n) is 28.1. The summed E-state index contributed by atoms with van der Waals surface area (Å²) >= 11 is 0. The van der Waals surface area contributed by atoms with Crippen LogP contribution in [0.2, 0.25) is 0 Å². The van der Waals surface area contributed by atoms with Gasteiger partial charge in [0.1, 0.15) is 12.4 Å². The molecule has 1 saturated carbocycles. The third-order valence-corrected chi connectivity index (χ3v) is 11.3. The van der Waals surface area contributed by atoms with Gasteiger partial charge in [0.2, 0.25) is 0 Å². The van der Waals surface area contributed by atoms with Gasteiger partial charge in [-0.05, 0) is 92.1 Å². The van der Waals surface area contributed by atoms with Crippen LogP contribution < -0.4 is 4.74 Å². The summed E-state index contributed by atoms with van der Waals surface area (Å²) in [7, 11) is 0. The molecule has 1 aliphatic heterocycles. The van der Waals surface area contributed by atoms with Gasteiger partial charge in [-0.25, -0.2) is 8.78 Å². The van der Waals surface area contributed by atoms with E-state index in [1.165, 1.54) is 21.5 Å². The predicted octanol–water partition coefficient (Wildman–Crippen LogP) is 9.60. The van der Waals surface area contributed by atoms with Gasteiger partial charge in [-0.15, -0.1) is 0 Å². The first-order chi connectivity index (χ1) is 24.5. The van der Waals surface area contributed by atoms with Crippen molar-refractivity contribution in [1.29, 1.82) is 0 Å². The molecule has 4 nitrogen and oxygen atoms in total. The minimum absolute atomic E-state index is 0.184. The quantitative estimate of drug-likeness (QED) is 0.164. The third-order valence-electron chi connectivity index (χ3n) is 11.3. The second-order valence-corrected chi connectivity index (χ2v) is 14.4. The third kappa shape index (κ3) is 5.64. The van der Waals surface area contributed by atoms with Crippen molar-refractivity contribution in [2.75, 3.05) is 39.3 Å². The molecule has 6 aromatic carbocycles. The second-order valence-electron chi connectivity index (χ2n) is 14.4. The first-order valence-electron chi connectivity index (χ1n) is 18.2. The standard InChI is InChI=1S/C44H42F2N2O2/c45-42-37-9-3-4-10-38(37)44(39-13-5-11-32(29-15-16-29)41(39)43(42)46)48-25-23-47(24-26-48)22-21-30(49)27-50-40-14-6-12-33-35-18-17-28-7-1-2-8-31(28)34(35)19-20-36(33)40/h1-14,17-20,29-30,42-44,49H,15-16,21-27H2/t30-,42?,43?,44?/m1/s1. The van der Waals surface area contributed by atoms with Crippen molar-refractivity contribution >= 4 is 32.3 Å². The summed E-state index contributed by atoms with van der Waals surface area (Å²) in [4.78, 5) is 4.79. The number of fused-ring (bicyclic) bond motifs is 7. The van der Waals surface area contributed by atoms with Gasteiger partial charge in [-0.1, -0.05) is 97.1 Å². The monoisotopic (exact) mass is 668 g/mol. The summed E-state index contributed by atoms with van der Waals surface area (Å²) < 4.78 is 38.2. The Balaban J connectivity index is 0.864. The second kappa shape index (κ2) is 13.1. The van der Waals surface area contributed by atoms with Crippen molar-refractivity contribution in [3.63, 3.8) is 0 Å². The maximum atomic E-state index is 16.1. The fourth-order valence-corrected chi connectivity index (χ4v) is 8.58. The lowest BCUT2D eigenvalue weighted by molar-refractivity contribution is 0.0680. The van der Waals surface area contributed by atoms with E-state index in [1.807, 2.05) is 48.5 Å². The van der Waals surface area contributed by atoms with Crippen molar-refractivity contribution in [3.8, 4) is 5.75 Å². The number of ether oxygens (including phenoxy) is 1. The molecule has 6 heteroatoms. The van der Waals surface area contributed by atoms with Crippen molar-refractivity contribution in [2.45, 2.75) is 49.7 Å². The van der Waals surface area contributed by atoms with E-state index in [0.29, 0.717) is 23.5 Å². The number of halogens is 2. The highest BCUT2D eigenvalue weighted by Gasteiger charge is 2.42. The minimum atomic E-state index is -1.67. The van der Waals surface area contributed by atoms with Crippen LogP contribution in [0, 0.1) is 0 Å². The van der Waals surface area contributed by atoms with Crippen LogP contribution in [-0.4, -0.2) is 60.3 Å². The topological polar surface area (TPSA) is 35.9 Å². The van der Waals surface area contributed by atoms with Crippen LogP contribution in [0.25, 0.3) is 32.3 Å². The molecule has 3 unspecified atom stereocenters. The number of aliphatic hydroxyl groups excluding tert-OH is 1. The Kier molecular flexibility index (Phi) is 8.26. The zero-order valence-corrected chi connectivity index (χ0v) is 28.1. The highest BCUT2D eigenvalue weighted by atomic mass is 19.2. The molecule has 0 spiro atoms. The van der Waals surface area contributed by atoms with Gasteiger partial charge in [-0.2, -0.15) is 0 Å². The van der Waals surface area contributed by atoms with Gasteiger partial charge >= 0.3 is 0 Å². The lowest BCUT2D eigenvalue weighted by atomic mass is 9.89. The maximum absolute atomic E-state index is 16.1. The molecule has 0 radical (unpaired) electrons. The summed E-state index contributed by atoms with van der Waals surface area (Å²) in [5.74, 6) is 1.12. The number of hydrogen-bond donors (Lipinski definition) is 1. The molecule has 0 bridgehead atoms. The van der Waals surface area contributed by atoms with Crippen LogP contribution in [-0.2, 0) is 0 Å². The van der Waals surface area contributed by atoms with Gasteiger partial charge in [0.15, 0.2) is 12.3 Å². The van der Waals surface area contributed by atoms with E-state index >= 15 is 8.78 Å². The Morgan fingerprint density at radius 3 is 2.10 bits per heavy atom. The average Bonchev–Trinajstić information content (AvgIpc) is 4.02. The lowest BCUT2D eigenvalue weighted by Crippen LogP contribution is -2.48. The van der Waals surface area contributed by atoms with Crippen LogP contribution in [0.1, 0.15) is 71.4 Å². The Bertz CT molecular complexity index is 2190. The molecule has 0 amide bonds. The van der Waals surface area contributed by atoms with Crippen molar-refractivity contribution < 1.29 is 18.6 Å². The van der Waals surface area contributed by atoms with Gasteiger partial charge in [0, 0.05) is 38.1 Å². The Hall–Kier alpha value is -4.36. The van der Waals surface area contributed by atoms with E-state index in [2.05, 4.69) is 64.4 Å². The Labute approximate surface area is 291 Å². The summed E-state index contributed by atoms with van der Waals surface area (Å²) in [6.45, 7) is 4.20. The largest absolute Gasteiger partial charge is 0.490 e. The van der Waals surface area contributed by atoms with Crippen molar-refractivity contribution in [3.05, 3.63) is 137 Å². The summed E-state index contributed by atoms with van der Waals surface area (Å²) in [6.07, 6.45) is -1.24. The van der Waals surface area contributed by atoms with Crippen molar-refractivity contribution in [1.82, 2.24) is 9.80 Å². The van der Waals surface area contributed by atoms with Crippen LogP contribution in [0.4, 0.5) is 8.78 Å². The van der Waals surface area contributed by atoms with Crippen molar-refractivity contribution in [2.24, 2.45) is 0 Å². The fourth-order valence-electron chi connectivity index (χ4n) is 8.58. The molecule has 0 aromatic heterocycles. The number of nitrogens with zero attached hydrogens (tertiary/aromatic N) is 2. The summed E-state index contributed by atoms with van der Waals surface area (Å²) in [6, 6.07) is 36.7. The maximum Gasteiger partial charge on any atom is 0.161 e. The molecule has 50 heavy (non-hydrogen) atoms. The molecule has 2 fully saturated rings. The number of aliphatic hydroxyl groups is 1. The van der Waals surface area contributed by atoms with Crippen LogP contribution in [0.3, 0.4) is 0 Å². The Morgan fingerprint density at radius 2 is 1.26 bits per heavy atom. The van der Waals surface area contributed by atoms with E-state index in [0.717, 1.165) is 78.8 Å². The molecule has 1 N–H and O–H groups in total. The number of piperazine rings is 1. The fraction of sp³-hybridized carbons (Fsp3) is 0.318. The average molecular weight is 669 g/mol. The molecular formula is C44H42F2N2O2. The minimum Gasteiger partial charge on any atom is -0.490 e. The van der Waals surface area contributed by atoms with Crippen LogP contribution in [0.15, 0.2) is 109 Å². The zero-order chi connectivity index (χ0) is 33.8. The van der Waals surface area contributed by atoms with Crippen LogP contribution >= 0.6 is 0 Å². The number of benzene rings is 6. The molecule has 1 saturated heterocycles. The molecule has 2 aliphatic carbocycles. The number of hydrogen-bond acceptors (Lipinski definition) is 4. The number of rotatable bonds is 8. The smallest absolute Gasteiger partial charge is 0.161 e. The molecule has 9 rings (SSSR count). The highest BCUT2D eigenvalue weighted by molar-refractivity contribution is 6.18.